The number of rotatable bonds is 4. The first-order chi connectivity index (χ1) is 10.9. The van der Waals surface area contributed by atoms with Gasteiger partial charge in [0.25, 0.3) is 0 Å². The Morgan fingerprint density at radius 3 is 2.83 bits per heavy atom. The molecular weight excluding hydrogens is 437 g/mol. The second kappa shape index (κ2) is 9.65. The first kappa shape index (κ1) is 21.3. The molecule has 5 nitrogen and oxygen atoms in total. The van der Waals surface area contributed by atoms with Crippen LogP contribution in [0.2, 0.25) is 5.02 Å². The molecule has 0 amide bonds. The minimum atomic E-state index is 0. The van der Waals surface area contributed by atoms with E-state index in [1.165, 1.54) is 0 Å². The molecule has 24 heavy (non-hydrogen) atoms. The van der Waals surface area contributed by atoms with Gasteiger partial charge in [-0.15, -0.1) is 24.0 Å². The van der Waals surface area contributed by atoms with Gasteiger partial charge in [-0.05, 0) is 30.4 Å². The summed E-state index contributed by atoms with van der Waals surface area (Å²) < 4.78 is 0. The highest BCUT2D eigenvalue weighted by Gasteiger charge is 2.25. The Hall–Kier alpha value is -0.760. The molecule has 1 atom stereocenters. The summed E-state index contributed by atoms with van der Waals surface area (Å²) in [7, 11) is 1.81. The highest BCUT2D eigenvalue weighted by Crippen LogP contribution is 2.25. The van der Waals surface area contributed by atoms with Gasteiger partial charge in [-0.25, -0.2) is 4.98 Å². The van der Waals surface area contributed by atoms with E-state index in [1.807, 2.05) is 19.2 Å². The molecule has 0 saturated carbocycles. The Morgan fingerprint density at radius 1 is 1.46 bits per heavy atom. The number of nitrogens with zero attached hydrogens (tertiary/aromatic N) is 3. The minimum absolute atomic E-state index is 0. The highest BCUT2D eigenvalue weighted by atomic mass is 127. The van der Waals surface area contributed by atoms with Crippen molar-refractivity contribution in [1.82, 2.24) is 15.6 Å². The monoisotopic (exact) mass is 465 g/mol. The molecule has 2 heterocycles. The van der Waals surface area contributed by atoms with E-state index in [0.29, 0.717) is 16.5 Å². The summed E-state index contributed by atoms with van der Waals surface area (Å²) in [6, 6.07) is 4.10. The second-order valence-electron chi connectivity index (χ2n) is 7.19. The molecule has 1 aromatic heterocycles. The molecule has 0 radical (unpaired) electrons. The average Bonchev–Trinajstić information content (AvgIpc) is 2.93. The molecule has 0 aromatic carbocycles. The van der Waals surface area contributed by atoms with E-state index in [0.717, 1.165) is 44.3 Å². The summed E-state index contributed by atoms with van der Waals surface area (Å²) in [5.74, 6) is 1.74. The topological polar surface area (TPSA) is 52.6 Å². The van der Waals surface area contributed by atoms with Gasteiger partial charge in [-0.3, -0.25) is 4.99 Å². The maximum atomic E-state index is 6.24. The van der Waals surface area contributed by atoms with Crippen LogP contribution in [0.3, 0.4) is 0 Å². The summed E-state index contributed by atoms with van der Waals surface area (Å²) in [5, 5.41) is 7.60. The molecule has 0 aliphatic carbocycles. The van der Waals surface area contributed by atoms with Crippen LogP contribution in [0.4, 0.5) is 5.82 Å². The van der Waals surface area contributed by atoms with Gasteiger partial charge in [0, 0.05) is 38.9 Å². The number of nitrogens with one attached hydrogen (secondary N) is 2. The van der Waals surface area contributed by atoms with Crippen molar-refractivity contribution >= 4 is 47.4 Å². The first-order valence-electron chi connectivity index (χ1n) is 8.22. The molecular formula is C17H29ClIN5. The van der Waals surface area contributed by atoms with Crippen LogP contribution in [0.15, 0.2) is 23.3 Å². The van der Waals surface area contributed by atoms with E-state index in [4.69, 9.17) is 11.6 Å². The van der Waals surface area contributed by atoms with Crippen LogP contribution in [0.25, 0.3) is 0 Å². The van der Waals surface area contributed by atoms with Gasteiger partial charge >= 0.3 is 0 Å². The van der Waals surface area contributed by atoms with Crippen LogP contribution < -0.4 is 15.5 Å². The van der Waals surface area contributed by atoms with Crippen molar-refractivity contribution in [3.63, 3.8) is 0 Å². The van der Waals surface area contributed by atoms with E-state index >= 15 is 0 Å². The quantitative estimate of drug-likeness (QED) is 0.406. The van der Waals surface area contributed by atoms with E-state index in [1.54, 1.807) is 6.20 Å². The predicted octanol–water partition coefficient (Wildman–Crippen LogP) is 3.53. The molecule has 1 aromatic rings. The van der Waals surface area contributed by atoms with E-state index in [-0.39, 0.29) is 24.0 Å². The number of anilines is 1. The first-order valence-corrected chi connectivity index (χ1v) is 8.59. The van der Waals surface area contributed by atoms with Gasteiger partial charge in [0.05, 0.1) is 5.02 Å². The molecule has 136 valence electrons. The summed E-state index contributed by atoms with van der Waals surface area (Å²) in [4.78, 5) is 10.9. The Morgan fingerprint density at radius 2 is 2.21 bits per heavy atom. The Balaban J connectivity index is 0.00000288. The van der Waals surface area contributed by atoms with Crippen molar-refractivity contribution < 1.29 is 0 Å². The molecule has 7 heteroatoms. The van der Waals surface area contributed by atoms with Gasteiger partial charge in [-0.1, -0.05) is 32.4 Å². The fraction of sp³-hybridized carbons (Fsp3) is 0.647. The molecule has 0 spiro atoms. The maximum Gasteiger partial charge on any atom is 0.191 e. The Labute approximate surface area is 167 Å². The second-order valence-corrected chi connectivity index (χ2v) is 7.60. The standard InChI is InChI=1S/C17H28ClN5.HI/c1-17(2,3)8-10-21-16(19-4)22-13-7-11-23(12-13)15-14(18)6-5-9-20-15;/h5-6,9,13H,7-8,10-12H2,1-4H3,(H2,19,21,22);1H. The van der Waals surface area contributed by atoms with Crippen LogP contribution in [-0.2, 0) is 0 Å². The van der Waals surface area contributed by atoms with Crippen LogP contribution in [0.5, 0.6) is 0 Å². The Bertz CT molecular complexity index is 544. The molecule has 1 saturated heterocycles. The van der Waals surface area contributed by atoms with Crippen molar-refractivity contribution in [2.24, 2.45) is 10.4 Å². The lowest BCUT2D eigenvalue weighted by molar-refractivity contribution is 0.377. The van der Waals surface area contributed by atoms with Crippen LogP contribution in [-0.4, -0.2) is 43.7 Å². The number of hydrogen-bond donors (Lipinski definition) is 2. The number of guanidine groups is 1. The fourth-order valence-electron chi connectivity index (χ4n) is 2.62. The van der Waals surface area contributed by atoms with E-state index in [2.05, 4.69) is 46.3 Å². The average molecular weight is 466 g/mol. The number of aromatic nitrogens is 1. The van der Waals surface area contributed by atoms with Crippen molar-refractivity contribution in [3.05, 3.63) is 23.4 Å². The smallest absolute Gasteiger partial charge is 0.191 e. The van der Waals surface area contributed by atoms with Crippen LogP contribution in [0.1, 0.15) is 33.6 Å². The fourth-order valence-corrected chi connectivity index (χ4v) is 2.87. The van der Waals surface area contributed by atoms with E-state index < -0.39 is 0 Å². The lowest BCUT2D eigenvalue weighted by atomic mass is 9.92. The van der Waals surface area contributed by atoms with Crippen LogP contribution in [0, 0.1) is 5.41 Å². The summed E-state index contributed by atoms with van der Waals surface area (Å²) in [6.45, 7) is 9.50. The number of aliphatic imine (C=N–C) groups is 1. The molecule has 1 aliphatic heterocycles. The molecule has 1 unspecified atom stereocenters. The molecule has 1 aliphatic rings. The minimum Gasteiger partial charge on any atom is -0.356 e. The zero-order valence-electron chi connectivity index (χ0n) is 15.0. The van der Waals surface area contributed by atoms with Crippen molar-refractivity contribution in [3.8, 4) is 0 Å². The maximum absolute atomic E-state index is 6.24. The van der Waals surface area contributed by atoms with Gasteiger partial charge in [-0.2, -0.15) is 0 Å². The van der Waals surface area contributed by atoms with Crippen molar-refractivity contribution in [2.75, 3.05) is 31.6 Å². The van der Waals surface area contributed by atoms with Crippen LogP contribution >= 0.6 is 35.6 Å². The predicted molar refractivity (Wildman–Crippen MR) is 114 cm³/mol. The summed E-state index contributed by atoms with van der Waals surface area (Å²) >= 11 is 6.24. The lowest BCUT2D eigenvalue weighted by Crippen LogP contribution is -2.45. The zero-order chi connectivity index (χ0) is 16.9. The molecule has 2 rings (SSSR count). The molecule has 2 N–H and O–H groups in total. The third kappa shape index (κ3) is 6.63. The van der Waals surface area contributed by atoms with Gasteiger partial charge in [0.15, 0.2) is 5.96 Å². The number of halogens is 2. The Kier molecular flexibility index (Phi) is 8.56. The third-order valence-electron chi connectivity index (χ3n) is 3.96. The third-order valence-corrected chi connectivity index (χ3v) is 4.25. The SMILES string of the molecule is CN=C(NCCC(C)(C)C)NC1CCN(c2ncccc2Cl)C1.I. The molecule has 1 fully saturated rings. The lowest BCUT2D eigenvalue weighted by Gasteiger charge is -2.22. The number of hydrogen-bond acceptors (Lipinski definition) is 3. The largest absolute Gasteiger partial charge is 0.356 e. The highest BCUT2D eigenvalue weighted by molar-refractivity contribution is 14.0. The normalized spacial score (nSPS) is 18.3. The summed E-state index contributed by atoms with van der Waals surface area (Å²) in [6.07, 6.45) is 3.94. The van der Waals surface area contributed by atoms with E-state index in [9.17, 15) is 0 Å². The molecule has 0 bridgehead atoms. The zero-order valence-corrected chi connectivity index (χ0v) is 18.1. The van der Waals surface area contributed by atoms with Crippen molar-refractivity contribution in [1.29, 1.82) is 0 Å². The van der Waals surface area contributed by atoms with Gasteiger partial charge in [0.2, 0.25) is 0 Å². The van der Waals surface area contributed by atoms with Crippen molar-refractivity contribution in [2.45, 2.75) is 39.7 Å². The van der Waals surface area contributed by atoms with Gasteiger partial charge in [0.1, 0.15) is 5.82 Å². The van der Waals surface area contributed by atoms with Gasteiger partial charge < -0.3 is 15.5 Å². The number of pyridine rings is 1. The summed E-state index contributed by atoms with van der Waals surface area (Å²) in [5.41, 5.74) is 0.325.